The van der Waals surface area contributed by atoms with Crippen molar-refractivity contribution in [1.82, 2.24) is 24.8 Å². The third-order valence-electron chi connectivity index (χ3n) is 5.22. The molecule has 1 aromatic rings. The van der Waals surface area contributed by atoms with E-state index in [1.165, 1.54) is 11.8 Å². The summed E-state index contributed by atoms with van der Waals surface area (Å²) in [6.45, 7) is 0.552. The molecule has 0 aromatic heterocycles. The minimum atomic E-state index is -0.999. The zero-order chi connectivity index (χ0) is 22.0. The van der Waals surface area contributed by atoms with Gasteiger partial charge in [0.15, 0.2) is 22.5 Å². The number of nitrogen functional groups attached to an aromatic ring is 1. The maximum absolute atomic E-state index is 11.1. The van der Waals surface area contributed by atoms with E-state index in [1.54, 1.807) is 20.5 Å². The predicted molar refractivity (Wildman–Crippen MR) is 115 cm³/mol. The minimum Gasteiger partial charge on any atom is -0.497 e. The number of amides is 1. The normalized spacial score (nSPS) is 14.4. The van der Waals surface area contributed by atoms with E-state index < -0.39 is 6.09 Å². The van der Waals surface area contributed by atoms with Crippen LogP contribution in [0.2, 0.25) is 0 Å². The van der Waals surface area contributed by atoms with Gasteiger partial charge in [-0.3, -0.25) is 0 Å². The number of hydrogen-bond donors (Lipinski definition) is 3. The molecule has 1 atom stereocenters. The molecule has 0 spiro atoms. The summed E-state index contributed by atoms with van der Waals surface area (Å²) in [5.74, 6) is 2.69. The van der Waals surface area contributed by atoms with Crippen molar-refractivity contribution < 1.29 is 19.4 Å². The molecule has 10 nitrogen and oxygen atoms in total. The fraction of sp³-hybridized carbons (Fsp3) is 0.400. The number of nitrogens with zero attached hydrogens (tertiary/aromatic N) is 4. The first-order valence-corrected chi connectivity index (χ1v) is 10.7. The van der Waals surface area contributed by atoms with Gasteiger partial charge in [0.1, 0.15) is 11.5 Å². The number of hydrogen-bond acceptors (Lipinski definition) is 8. The van der Waals surface area contributed by atoms with Crippen LogP contribution in [0.3, 0.4) is 0 Å². The van der Waals surface area contributed by atoms with Gasteiger partial charge in [-0.1, -0.05) is 0 Å². The van der Waals surface area contributed by atoms with Crippen LogP contribution in [0.15, 0.2) is 34.6 Å². The Morgan fingerprint density at radius 2 is 2.16 bits per heavy atom. The van der Waals surface area contributed by atoms with Crippen LogP contribution < -0.4 is 20.5 Å². The first-order valence-electron chi connectivity index (χ1n) is 9.86. The maximum atomic E-state index is 11.1. The van der Waals surface area contributed by atoms with Crippen LogP contribution >= 0.6 is 11.8 Å². The molecular weight excluding hydrogens is 420 g/mol. The van der Waals surface area contributed by atoms with Crippen LogP contribution in [0, 0.1) is 5.92 Å². The number of nitrogens with one attached hydrogen (secondary N) is 1. The van der Waals surface area contributed by atoms with E-state index >= 15 is 0 Å². The van der Waals surface area contributed by atoms with Gasteiger partial charge < -0.3 is 30.2 Å². The van der Waals surface area contributed by atoms with Gasteiger partial charge >= 0.3 is 6.09 Å². The molecule has 1 unspecified atom stereocenters. The van der Waals surface area contributed by atoms with E-state index in [0.29, 0.717) is 52.9 Å². The van der Waals surface area contributed by atoms with Crippen molar-refractivity contribution in [2.45, 2.75) is 41.9 Å². The predicted octanol–water partition coefficient (Wildman–Crippen LogP) is 2.96. The Bertz CT molecular complexity index is 1050. The van der Waals surface area contributed by atoms with E-state index in [0.717, 1.165) is 17.7 Å². The fourth-order valence-corrected chi connectivity index (χ4v) is 4.36. The van der Waals surface area contributed by atoms with Crippen molar-refractivity contribution in [3.05, 3.63) is 24.5 Å². The van der Waals surface area contributed by atoms with Gasteiger partial charge in [-0.05, 0) is 55.1 Å². The van der Waals surface area contributed by atoms with Crippen molar-refractivity contribution >= 4 is 23.7 Å². The number of nitrogens with two attached hydrogens (primary N) is 1. The van der Waals surface area contributed by atoms with Gasteiger partial charge in [-0.25, -0.2) is 19.7 Å². The first-order chi connectivity index (χ1) is 15.0. The lowest BCUT2D eigenvalue weighted by Gasteiger charge is -2.18. The smallest absolute Gasteiger partial charge is 0.404 e. The summed E-state index contributed by atoms with van der Waals surface area (Å²) in [7, 11) is 3.21. The minimum absolute atomic E-state index is 0.0876. The quantitative estimate of drug-likeness (QED) is 0.455. The lowest BCUT2D eigenvalue weighted by atomic mass is 10.1. The highest BCUT2D eigenvalue weighted by Crippen LogP contribution is 2.38. The highest BCUT2D eigenvalue weighted by Gasteiger charge is 2.32. The fourth-order valence-electron chi connectivity index (χ4n) is 3.47. The molecule has 1 fully saturated rings. The highest BCUT2D eigenvalue weighted by atomic mass is 32.2. The molecule has 4 N–H and O–H groups in total. The molecule has 11 heteroatoms. The molecule has 1 aromatic carbocycles. The van der Waals surface area contributed by atoms with Gasteiger partial charge in [0.2, 0.25) is 0 Å². The van der Waals surface area contributed by atoms with Crippen LogP contribution in [0.1, 0.15) is 19.3 Å². The molecule has 2 aliphatic heterocycles. The van der Waals surface area contributed by atoms with Crippen LogP contribution in [-0.4, -0.2) is 51.0 Å². The summed E-state index contributed by atoms with van der Waals surface area (Å²) in [6.07, 6.45) is 3.36. The van der Waals surface area contributed by atoms with Gasteiger partial charge in [0.05, 0.1) is 25.4 Å². The molecule has 4 rings (SSSR count). The zero-order valence-electron chi connectivity index (χ0n) is 17.2. The number of anilines is 1. The third kappa shape index (κ3) is 4.76. The third-order valence-corrected chi connectivity index (χ3v) is 6.13. The summed E-state index contributed by atoms with van der Waals surface area (Å²) >= 11 is 1.35. The van der Waals surface area contributed by atoms with Gasteiger partial charge in [-0.15, -0.1) is 0 Å². The summed E-state index contributed by atoms with van der Waals surface area (Å²) < 4.78 is 12.6. The lowest BCUT2D eigenvalue weighted by Crippen LogP contribution is -2.36. The Balaban J connectivity index is 1.58. The van der Waals surface area contributed by atoms with E-state index in [-0.39, 0.29) is 6.04 Å². The highest BCUT2D eigenvalue weighted by molar-refractivity contribution is 7.99. The van der Waals surface area contributed by atoms with Crippen LogP contribution in [-0.2, 0) is 6.54 Å². The average Bonchev–Trinajstić information content (AvgIpc) is 3.51. The van der Waals surface area contributed by atoms with Gasteiger partial charge in [-0.2, -0.15) is 0 Å². The van der Waals surface area contributed by atoms with Crippen LogP contribution in [0.5, 0.6) is 11.5 Å². The molecule has 0 bridgehead atoms. The Kier molecular flexibility index (Phi) is 6.03. The Morgan fingerprint density at radius 3 is 2.84 bits per heavy atom. The number of fused-ring (bicyclic) bond motifs is 1. The number of carboxylic acid groups (broad SMARTS) is 1. The summed E-state index contributed by atoms with van der Waals surface area (Å²) in [6, 6.07) is 5.42. The number of aromatic nitrogens is 4. The van der Waals surface area contributed by atoms with Gasteiger partial charge in [0, 0.05) is 12.6 Å². The van der Waals surface area contributed by atoms with E-state index in [9.17, 15) is 4.79 Å². The van der Waals surface area contributed by atoms with Crippen molar-refractivity contribution in [3.63, 3.8) is 0 Å². The lowest BCUT2D eigenvalue weighted by molar-refractivity contribution is 0.186. The monoisotopic (exact) mass is 444 g/mol. The van der Waals surface area contributed by atoms with Crippen molar-refractivity contribution in [2.75, 3.05) is 20.0 Å². The van der Waals surface area contributed by atoms with Crippen molar-refractivity contribution in [2.24, 2.45) is 5.92 Å². The summed E-state index contributed by atoms with van der Waals surface area (Å²) in [5, 5.41) is 12.2. The number of carbonyl (C=O) groups is 1. The molecule has 164 valence electrons. The molecular formula is C20H24N6O4S. The average molecular weight is 445 g/mol. The van der Waals surface area contributed by atoms with Crippen molar-refractivity contribution in [3.8, 4) is 23.0 Å². The molecule has 0 radical (unpaired) electrons. The van der Waals surface area contributed by atoms with Crippen LogP contribution in [0.4, 0.5) is 10.6 Å². The maximum Gasteiger partial charge on any atom is 0.404 e. The second-order valence-electron chi connectivity index (χ2n) is 7.30. The Morgan fingerprint density at radius 1 is 1.35 bits per heavy atom. The zero-order valence-corrected chi connectivity index (χ0v) is 18.1. The molecule has 0 saturated heterocycles. The molecule has 1 saturated carbocycles. The molecule has 1 amide bonds. The van der Waals surface area contributed by atoms with Gasteiger partial charge in [0.25, 0.3) is 0 Å². The molecule has 3 aliphatic rings. The SMILES string of the molecule is COc1ccc(OC)c(Sc2nc3c(N)ncn(CCC(NC(=O)O)C4CC4)c-3n2)c1. The van der Waals surface area contributed by atoms with Crippen molar-refractivity contribution in [1.29, 1.82) is 0 Å². The standard InChI is InChI=1S/C20H24N6O4S/c1-29-12-5-6-14(30-2)15(9-12)31-19-24-16-17(21)22-10-26(18(16)25-19)8-7-13(11-3-4-11)23-20(27)28/h5-6,9-11,13,23H,3-4,7-8,21H2,1-2H3,(H,27,28). The number of rotatable bonds is 9. The largest absolute Gasteiger partial charge is 0.497 e. The molecule has 1 aliphatic carbocycles. The Hall–Kier alpha value is -3.21. The summed E-state index contributed by atoms with van der Waals surface area (Å²) in [4.78, 5) is 25.4. The number of imidazole rings is 1. The number of ether oxygens (including phenoxy) is 2. The number of aryl methyl sites for hydroxylation is 1. The second kappa shape index (κ2) is 8.88. The van der Waals surface area contributed by atoms with E-state index in [4.69, 9.17) is 20.3 Å². The second-order valence-corrected chi connectivity index (χ2v) is 8.31. The van der Waals surface area contributed by atoms with Crippen LogP contribution in [0.25, 0.3) is 11.5 Å². The van der Waals surface area contributed by atoms with E-state index in [2.05, 4.69) is 20.3 Å². The summed E-state index contributed by atoms with van der Waals surface area (Å²) in [5.41, 5.74) is 6.56. The number of benzene rings is 1. The molecule has 2 heterocycles. The Labute approximate surface area is 183 Å². The molecule has 31 heavy (non-hydrogen) atoms. The van der Waals surface area contributed by atoms with E-state index in [1.807, 2.05) is 22.8 Å². The first kappa shape index (κ1) is 21.0. The topological polar surface area (TPSA) is 137 Å². The number of methoxy groups -OCH3 is 2.